The average Bonchev–Trinajstić information content (AvgIpc) is 2.82. The van der Waals surface area contributed by atoms with Gasteiger partial charge < -0.3 is 4.74 Å². The third-order valence-electron chi connectivity index (χ3n) is 2.66. The van der Waals surface area contributed by atoms with Gasteiger partial charge in [0.05, 0.1) is 13.4 Å². The lowest BCUT2D eigenvalue weighted by molar-refractivity contribution is -0.112. The third kappa shape index (κ3) is 161. The Bertz CT molecular complexity index is 524. The van der Waals surface area contributed by atoms with Gasteiger partial charge in [0.2, 0.25) is 0 Å². The summed E-state index contributed by atoms with van der Waals surface area (Å²) >= 11 is 0. The van der Waals surface area contributed by atoms with Crippen LogP contribution in [0, 0.1) is 24.2 Å². The van der Waals surface area contributed by atoms with E-state index in [-0.39, 0.29) is 5.78 Å². The predicted octanol–water partition coefficient (Wildman–Crippen LogP) is 9.89. The highest BCUT2D eigenvalue weighted by Gasteiger charge is 1.92. The van der Waals surface area contributed by atoms with E-state index in [9.17, 15) is 4.79 Å². The fraction of sp³-hybridized carbons (Fsp3) is 0.344. The summed E-state index contributed by atoms with van der Waals surface area (Å²) in [5.74, 6) is 3.46. The van der Waals surface area contributed by atoms with E-state index in [1.54, 1.807) is 26.2 Å². The molecule has 34 heavy (non-hydrogen) atoms. The second kappa shape index (κ2) is 63.0. The minimum atomic E-state index is 0.0185. The SMILES string of the molecule is C#CC.C=CC.C=CC(C)=O.C=CC(C)C=C.C=CC=CC.C=CCC(C)CC=C.C=COC. The van der Waals surface area contributed by atoms with E-state index in [2.05, 4.69) is 76.6 Å². The molecule has 0 heterocycles. The van der Waals surface area contributed by atoms with Crippen LogP contribution >= 0.6 is 0 Å². The van der Waals surface area contributed by atoms with Crippen molar-refractivity contribution in [2.75, 3.05) is 7.11 Å². The summed E-state index contributed by atoms with van der Waals surface area (Å²) in [6.07, 6.45) is 24.4. The molecule has 0 amide bonds. The summed E-state index contributed by atoms with van der Waals surface area (Å²) in [6.45, 7) is 38.9. The highest BCUT2D eigenvalue weighted by molar-refractivity contribution is 5.86. The molecule has 194 valence electrons. The Morgan fingerprint density at radius 2 is 1.24 bits per heavy atom. The Balaban J connectivity index is -0.0000000514. The Labute approximate surface area is 214 Å². The van der Waals surface area contributed by atoms with E-state index in [0.29, 0.717) is 5.92 Å². The lowest BCUT2D eigenvalue weighted by Gasteiger charge is -2.01. The van der Waals surface area contributed by atoms with E-state index in [1.807, 2.05) is 57.2 Å². The standard InChI is InChI=1S/C8H14.C6H10.C5H8.C4H6O.C3H6O.C3H6.C3H4/c1-4-6-8(3)7-5-2;1-4-6(3)5-2;1-3-5-4-2;1-3-4(2)5;1-3-4-2;2*1-3-2/h4-5,8H,1-2,6-7H2,3H3;4-6H,1-2H2,3H3;3-5H,1H2,2H3;3H,1H2,2H3;3H,1H2,2H3;3H,1H2,2H3;1H,2H3. The first-order valence-electron chi connectivity index (χ1n) is 11.0. The zero-order chi connectivity index (χ0) is 28.6. The van der Waals surface area contributed by atoms with Gasteiger partial charge in [-0.3, -0.25) is 4.79 Å². The lowest BCUT2D eigenvalue weighted by atomic mass is 10.0. The molecule has 0 saturated heterocycles. The molecule has 0 aliphatic rings. The van der Waals surface area contributed by atoms with Gasteiger partial charge in [-0.25, -0.2) is 0 Å². The number of carbonyl (C=O) groups is 1. The second-order valence-corrected chi connectivity index (χ2v) is 6.16. The summed E-state index contributed by atoms with van der Waals surface area (Å²) < 4.78 is 4.31. The first-order valence-corrected chi connectivity index (χ1v) is 11.0. The van der Waals surface area contributed by atoms with Crippen LogP contribution in [-0.4, -0.2) is 12.9 Å². The molecule has 2 nitrogen and oxygen atoms in total. The van der Waals surface area contributed by atoms with Gasteiger partial charge in [0, 0.05) is 0 Å². The van der Waals surface area contributed by atoms with Crippen molar-refractivity contribution in [1.29, 1.82) is 0 Å². The normalized spacial score (nSPS) is 7.18. The number of hydrogen-bond donors (Lipinski definition) is 0. The number of ether oxygens (including phenoxy) is 1. The molecule has 0 aliphatic carbocycles. The number of carbonyl (C=O) groups excluding carboxylic acids is 1. The molecule has 0 fully saturated rings. The molecule has 0 aromatic carbocycles. The Morgan fingerprint density at radius 1 is 0.941 bits per heavy atom. The van der Waals surface area contributed by atoms with Crippen molar-refractivity contribution in [1.82, 2.24) is 0 Å². The Morgan fingerprint density at radius 3 is 1.29 bits per heavy atom. The fourth-order valence-corrected chi connectivity index (χ4v) is 0.898. The summed E-state index contributed by atoms with van der Waals surface area (Å²) in [7, 11) is 1.56. The quantitative estimate of drug-likeness (QED) is 0.110. The topological polar surface area (TPSA) is 26.3 Å². The zero-order valence-corrected chi connectivity index (χ0v) is 23.4. The summed E-state index contributed by atoms with van der Waals surface area (Å²) in [5, 5.41) is 0. The van der Waals surface area contributed by atoms with Gasteiger partial charge in [-0.15, -0.1) is 45.2 Å². The summed E-state index contributed by atoms with van der Waals surface area (Å²) in [5.41, 5.74) is 0. The van der Waals surface area contributed by atoms with E-state index < -0.39 is 0 Å². The first kappa shape index (κ1) is 48.2. The minimum absolute atomic E-state index is 0.0185. The van der Waals surface area contributed by atoms with Crippen molar-refractivity contribution < 1.29 is 9.53 Å². The molecule has 0 rings (SSSR count). The van der Waals surface area contributed by atoms with E-state index in [1.165, 1.54) is 19.3 Å². The van der Waals surface area contributed by atoms with Gasteiger partial charge in [0.25, 0.3) is 0 Å². The molecule has 0 aromatic heterocycles. The number of terminal acetylenes is 1. The maximum atomic E-state index is 9.69. The molecular weight excluding hydrogens is 416 g/mol. The van der Waals surface area contributed by atoms with Crippen molar-refractivity contribution in [2.45, 2.75) is 54.4 Å². The van der Waals surface area contributed by atoms with Gasteiger partial charge in [-0.1, -0.05) is 82.2 Å². The molecule has 0 saturated carbocycles. The number of methoxy groups -OCH3 is 1. The molecule has 0 radical (unpaired) electrons. The molecule has 0 aromatic rings. The minimum Gasteiger partial charge on any atom is -0.505 e. The number of hydrogen-bond acceptors (Lipinski definition) is 2. The van der Waals surface area contributed by atoms with Crippen LogP contribution in [-0.2, 0) is 9.53 Å². The molecule has 0 aliphatic heterocycles. The third-order valence-corrected chi connectivity index (χ3v) is 2.66. The van der Waals surface area contributed by atoms with Gasteiger partial charge in [0.15, 0.2) is 5.78 Å². The van der Waals surface area contributed by atoms with E-state index in [0.717, 1.165) is 18.8 Å². The van der Waals surface area contributed by atoms with Crippen LogP contribution in [0.15, 0.2) is 114 Å². The summed E-state index contributed by atoms with van der Waals surface area (Å²) in [6, 6.07) is 0. The van der Waals surface area contributed by atoms with Crippen LogP contribution in [0.1, 0.15) is 54.4 Å². The van der Waals surface area contributed by atoms with Gasteiger partial charge >= 0.3 is 0 Å². The maximum absolute atomic E-state index is 9.69. The van der Waals surface area contributed by atoms with Crippen LogP contribution in [0.4, 0.5) is 0 Å². The Hall–Kier alpha value is -3.31. The van der Waals surface area contributed by atoms with Crippen molar-refractivity contribution in [3.63, 3.8) is 0 Å². The molecule has 0 atom stereocenters. The van der Waals surface area contributed by atoms with Crippen LogP contribution in [0.3, 0.4) is 0 Å². The molecular formula is C32H54O2. The van der Waals surface area contributed by atoms with E-state index >= 15 is 0 Å². The van der Waals surface area contributed by atoms with Gasteiger partial charge in [0.1, 0.15) is 0 Å². The van der Waals surface area contributed by atoms with Crippen molar-refractivity contribution in [3.05, 3.63) is 114 Å². The van der Waals surface area contributed by atoms with Crippen LogP contribution in [0.25, 0.3) is 0 Å². The zero-order valence-electron chi connectivity index (χ0n) is 23.4. The fourth-order valence-electron chi connectivity index (χ4n) is 0.898. The summed E-state index contributed by atoms with van der Waals surface area (Å²) in [4.78, 5) is 9.69. The van der Waals surface area contributed by atoms with Crippen LogP contribution in [0.5, 0.6) is 0 Å². The maximum Gasteiger partial charge on any atom is 0.152 e. The van der Waals surface area contributed by atoms with Crippen LogP contribution < -0.4 is 0 Å². The molecule has 0 bridgehead atoms. The number of ketones is 1. The highest BCUT2D eigenvalue weighted by atomic mass is 16.5. The highest BCUT2D eigenvalue weighted by Crippen LogP contribution is 2.06. The second-order valence-electron chi connectivity index (χ2n) is 6.16. The Kier molecular flexibility index (Phi) is 89.4. The van der Waals surface area contributed by atoms with Crippen molar-refractivity contribution in [3.8, 4) is 12.3 Å². The number of allylic oxidation sites excluding steroid dienone is 9. The monoisotopic (exact) mass is 470 g/mol. The average molecular weight is 471 g/mol. The van der Waals surface area contributed by atoms with E-state index in [4.69, 9.17) is 0 Å². The van der Waals surface area contributed by atoms with Gasteiger partial charge in [-0.05, 0) is 58.4 Å². The molecule has 0 unspecified atom stereocenters. The molecule has 0 spiro atoms. The number of rotatable bonds is 9. The molecule has 2 heteroatoms. The van der Waals surface area contributed by atoms with Gasteiger partial charge in [-0.2, -0.15) is 0 Å². The first-order chi connectivity index (χ1) is 16.0. The largest absolute Gasteiger partial charge is 0.505 e. The lowest BCUT2D eigenvalue weighted by Crippen LogP contribution is -1.87. The smallest absolute Gasteiger partial charge is 0.152 e. The molecule has 0 N–H and O–H groups in total. The van der Waals surface area contributed by atoms with Crippen molar-refractivity contribution >= 4 is 5.78 Å². The van der Waals surface area contributed by atoms with Crippen molar-refractivity contribution in [2.24, 2.45) is 11.8 Å². The predicted molar refractivity (Wildman–Crippen MR) is 162 cm³/mol. The van der Waals surface area contributed by atoms with Crippen LogP contribution in [0.2, 0.25) is 0 Å².